The van der Waals surface area contributed by atoms with Gasteiger partial charge < -0.3 is 20.2 Å². The summed E-state index contributed by atoms with van der Waals surface area (Å²) in [6.45, 7) is 38.3. The minimum Gasteiger partial charge on any atom is -0.507 e. The van der Waals surface area contributed by atoms with Crippen molar-refractivity contribution in [1.82, 2.24) is 9.91 Å². The Morgan fingerprint density at radius 1 is 0.583 bits per heavy atom. The fourth-order valence-electron chi connectivity index (χ4n) is 6.51. The van der Waals surface area contributed by atoms with Crippen LogP contribution in [0.25, 0.3) is 4.95 Å². The van der Waals surface area contributed by atoms with Crippen molar-refractivity contribution in [2.24, 2.45) is 0 Å². The standard InChI is InChI=1S/C41H57N3O4/c1-23-17-32(39(7,8)9)35(45)26(4)29(23)20-43(21-30-24(2)18-33(40(10,11)12)36(46)27(30)5)38(48)44(42-16)22-31-25(3)19-34(41(13,14)15)37(47)28(31)6/h17-19,45-47H,20-22H2,1-15H3. The summed E-state index contributed by atoms with van der Waals surface area (Å²) in [5.74, 6) is 0.592. The molecule has 0 atom stereocenters. The van der Waals surface area contributed by atoms with Crippen molar-refractivity contribution in [3.05, 3.63) is 96.5 Å². The number of benzene rings is 3. The molecule has 3 rings (SSSR count). The zero-order valence-electron chi connectivity index (χ0n) is 31.9. The molecule has 0 heterocycles. The minimum atomic E-state index is -0.500. The second-order valence-corrected chi connectivity index (χ2v) is 16.6. The fourth-order valence-corrected chi connectivity index (χ4v) is 6.51. The molecule has 0 spiro atoms. The summed E-state index contributed by atoms with van der Waals surface area (Å²) < 4.78 is 0. The Balaban J connectivity index is 2.20. The van der Waals surface area contributed by atoms with Crippen molar-refractivity contribution >= 4 is 6.03 Å². The van der Waals surface area contributed by atoms with Crippen molar-refractivity contribution in [2.45, 2.75) is 140 Å². The summed E-state index contributed by atoms with van der Waals surface area (Å²) in [4.78, 5) is 19.9. The number of urea groups is 1. The Kier molecular flexibility index (Phi) is 10.7. The first-order valence-electron chi connectivity index (χ1n) is 16.7. The third kappa shape index (κ3) is 7.59. The third-order valence-electron chi connectivity index (χ3n) is 9.74. The van der Waals surface area contributed by atoms with E-state index in [0.29, 0.717) is 16.7 Å². The number of phenolic OH excluding ortho intramolecular Hbond substituents is 3. The SMILES string of the molecule is [C-]#[N+]N(Cc1c(C)cc(C(C)(C)C)c(O)c1C)C(=O)N(Cc1c(C)cc(C(C)(C)C)c(O)c1C)Cc1c(C)cc(C(C)(C)C)c(O)c1C. The molecule has 0 bridgehead atoms. The van der Waals surface area contributed by atoms with E-state index >= 15 is 0 Å². The van der Waals surface area contributed by atoms with Gasteiger partial charge in [-0.25, -0.2) is 4.79 Å². The maximum absolute atomic E-state index is 14.5. The van der Waals surface area contributed by atoms with Crippen LogP contribution in [0.3, 0.4) is 0 Å². The quantitative estimate of drug-likeness (QED) is 0.182. The van der Waals surface area contributed by atoms with Crippen LogP contribution in [0.1, 0.15) is 129 Å². The smallest absolute Gasteiger partial charge is 0.386 e. The highest BCUT2D eigenvalue weighted by Gasteiger charge is 2.32. The van der Waals surface area contributed by atoms with Crippen molar-refractivity contribution in [1.29, 1.82) is 0 Å². The van der Waals surface area contributed by atoms with Gasteiger partial charge in [-0.2, -0.15) is 11.5 Å². The monoisotopic (exact) mass is 655 g/mol. The molecule has 0 saturated carbocycles. The highest BCUT2D eigenvalue weighted by Crippen LogP contribution is 2.40. The van der Waals surface area contributed by atoms with Crippen LogP contribution in [0.5, 0.6) is 17.2 Å². The molecule has 7 nitrogen and oxygen atoms in total. The lowest BCUT2D eigenvalue weighted by molar-refractivity contribution is 0.160. The number of rotatable bonds is 6. The van der Waals surface area contributed by atoms with Crippen LogP contribution >= 0.6 is 0 Å². The fraction of sp³-hybridized carbons (Fsp3) is 0.512. The molecule has 3 N–H and O–H groups in total. The van der Waals surface area contributed by atoms with Crippen LogP contribution < -0.4 is 0 Å². The molecule has 3 aromatic carbocycles. The van der Waals surface area contributed by atoms with Gasteiger partial charge in [0.1, 0.15) is 23.8 Å². The summed E-state index contributed by atoms with van der Waals surface area (Å²) >= 11 is 0. The van der Waals surface area contributed by atoms with Crippen LogP contribution in [-0.4, -0.2) is 31.3 Å². The molecule has 3 aromatic rings. The van der Waals surface area contributed by atoms with Gasteiger partial charge in [-0.3, -0.25) is 0 Å². The topological polar surface area (TPSA) is 88.6 Å². The van der Waals surface area contributed by atoms with Crippen LogP contribution in [0, 0.1) is 48.1 Å². The Morgan fingerprint density at radius 2 is 0.854 bits per heavy atom. The molecular weight excluding hydrogens is 598 g/mol. The maximum atomic E-state index is 14.5. The zero-order valence-corrected chi connectivity index (χ0v) is 31.9. The number of hydrogen-bond donors (Lipinski definition) is 3. The number of carbonyl (C=O) groups excluding carboxylic acids is 1. The molecule has 0 unspecified atom stereocenters. The van der Waals surface area contributed by atoms with E-state index in [1.54, 1.807) is 4.90 Å². The van der Waals surface area contributed by atoms with E-state index in [1.807, 2.05) is 80.5 Å². The lowest BCUT2D eigenvalue weighted by atomic mass is 9.82. The van der Waals surface area contributed by atoms with E-state index in [-0.39, 0.29) is 53.1 Å². The second-order valence-electron chi connectivity index (χ2n) is 16.6. The van der Waals surface area contributed by atoms with Gasteiger partial charge in [0, 0.05) is 13.1 Å². The van der Waals surface area contributed by atoms with E-state index in [9.17, 15) is 20.1 Å². The third-order valence-corrected chi connectivity index (χ3v) is 9.74. The van der Waals surface area contributed by atoms with Crippen molar-refractivity contribution < 1.29 is 20.1 Å². The molecule has 48 heavy (non-hydrogen) atoms. The van der Waals surface area contributed by atoms with E-state index in [2.05, 4.69) is 46.5 Å². The Bertz CT molecular complexity index is 1700. The predicted molar refractivity (Wildman–Crippen MR) is 196 cm³/mol. The average molecular weight is 656 g/mol. The minimum absolute atomic E-state index is 0.00711. The highest BCUT2D eigenvalue weighted by atomic mass is 16.3. The molecule has 2 amide bonds. The van der Waals surface area contributed by atoms with E-state index in [4.69, 9.17) is 6.57 Å². The molecular formula is C41H57N3O4. The van der Waals surface area contributed by atoms with Crippen LogP contribution in [0.15, 0.2) is 18.2 Å². The normalized spacial score (nSPS) is 12.2. The van der Waals surface area contributed by atoms with Crippen molar-refractivity contribution in [3.63, 3.8) is 0 Å². The maximum Gasteiger partial charge on any atom is 0.386 e. The summed E-state index contributed by atoms with van der Waals surface area (Å²) in [5.41, 5.74) is 8.81. The number of aromatic hydroxyl groups is 3. The molecule has 0 radical (unpaired) electrons. The first-order chi connectivity index (χ1) is 21.8. The lowest BCUT2D eigenvalue weighted by Gasteiger charge is -2.30. The van der Waals surface area contributed by atoms with E-state index < -0.39 is 6.03 Å². The number of phenols is 3. The van der Waals surface area contributed by atoms with Crippen LogP contribution in [0.2, 0.25) is 0 Å². The first kappa shape index (κ1) is 38.3. The second kappa shape index (κ2) is 13.4. The number of aryl methyl sites for hydroxylation is 3. The molecule has 0 fully saturated rings. The molecule has 0 aliphatic carbocycles. The van der Waals surface area contributed by atoms with Gasteiger partial charge in [-0.05, 0) is 130 Å². The molecule has 0 aliphatic heterocycles. The Labute approximate surface area is 289 Å². The van der Waals surface area contributed by atoms with Gasteiger partial charge in [0.15, 0.2) is 0 Å². The summed E-state index contributed by atoms with van der Waals surface area (Å²) in [7, 11) is 0. The lowest BCUT2D eigenvalue weighted by Crippen LogP contribution is -2.39. The van der Waals surface area contributed by atoms with E-state index in [0.717, 1.165) is 55.1 Å². The predicted octanol–water partition coefficient (Wildman–Crippen LogP) is 10.0. The number of amides is 2. The van der Waals surface area contributed by atoms with Crippen molar-refractivity contribution in [2.75, 3.05) is 0 Å². The van der Waals surface area contributed by atoms with Crippen LogP contribution in [0.4, 0.5) is 4.79 Å². The molecule has 0 saturated heterocycles. The summed E-state index contributed by atoms with van der Waals surface area (Å²) in [5, 5.41) is 34.9. The Morgan fingerprint density at radius 3 is 1.10 bits per heavy atom. The largest absolute Gasteiger partial charge is 0.507 e. The van der Waals surface area contributed by atoms with Gasteiger partial charge in [0.05, 0.1) is 0 Å². The van der Waals surface area contributed by atoms with Crippen LogP contribution in [-0.2, 0) is 35.9 Å². The highest BCUT2D eigenvalue weighted by molar-refractivity contribution is 5.76. The first-order valence-corrected chi connectivity index (χ1v) is 16.7. The summed E-state index contributed by atoms with van der Waals surface area (Å²) in [6, 6.07) is 5.42. The van der Waals surface area contributed by atoms with Gasteiger partial charge >= 0.3 is 6.03 Å². The van der Waals surface area contributed by atoms with Crippen molar-refractivity contribution in [3.8, 4) is 17.2 Å². The zero-order chi connectivity index (χ0) is 36.8. The number of carbonyl (C=O) groups is 1. The van der Waals surface area contributed by atoms with Gasteiger partial charge in [0.2, 0.25) is 0 Å². The van der Waals surface area contributed by atoms with E-state index in [1.165, 1.54) is 0 Å². The van der Waals surface area contributed by atoms with Gasteiger partial charge in [0.25, 0.3) is 0 Å². The summed E-state index contributed by atoms with van der Waals surface area (Å²) in [6.07, 6.45) is 0. The molecule has 260 valence electrons. The average Bonchev–Trinajstić information content (AvgIpc) is 2.95. The number of nitrogens with zero attached hydrogens (tertiary/aromatic N) is 3. The Hall–Kier alpha value is -4.18. The number of hydrogen-bond acceptors (Lipinski definition) is 4. The van der Waals surface area contributed by atoms with Gasteiger partial charge in [-0.15, -0.1) is 0 Å². The molecule has 0 aromatic heterocycles. The molecule has 0 aliphatic rings. The van der Waals surface area contributed by atoms with Gasteiger partial charge in [-0.1, -0.05) is 80.5 Å². The molecule has 7 heteroatoms.